The molecule has 0 amide bonds. The van der Waals surface area contributed by atoms with E-state index < -0.39 is 0 Å². The summed E-state index contributed by atoms with van der Waals surface area (Å²) in [6, 6.07) is 2.28. The molecule has 6 heteroatoms. The van der Waals surface area contributed by atoms with Crippen LogP contribution in [0.25, 0.3) is 10.2 Å². The van der Waals surface area contributed by atoms with Crippen molar-refractivity contribution in [2.45, 2.75) is 33.2 Å². The van der Waals surface area contributed by atoms with Gasteiger partial charge in [0.1, 0.15) is 22.3 Å². The van der Waals surface area contributed by atoms with E-state index in [1.54, 1.807) is 11.3 Å². The number of thiophene rings is 1. The molecule has 0 aliphatic carbocycles. The molecule has 3 rings (SSSR count). The lowest BCUT2D eigenvalue weighted by atomic mass is 10.2. The van der Waals surface area contributed by atoms with Crippen molar-refractivity contribution >= 4 is 27.4 Å². The SMILES string of the molecule is CCc1cc2c(NC(C)c3nccn3C)nc(C)nc2s1. The van der Waals surface area contributed by atoms with Gasteiger partial charge in [-0.05, 0) is 26.3 Å². The van der Waals surface area contributed by atoms with Gasteiger partial charge in [0.05, 0.1) is 11.4 Å². The summed E-state index contributed by atoms with van der Waals surface area (Å²) < 4.78 is 2.02. The van der Waals surface area contributed by atoms with Crippen LogP contribution in [0.15, 0.2) is 18.5 Å². The fourth-order valence-corrected chi connectivity index (χ4v) is 3.44. The maximum atomic E-state index is 4.58. The Morgan fingerprint density at radius 3 is 2.86 bits per heavy atom. The molecule has 0 aliphatic rings. The van der Waals surface area contributed by atoms with Crippen molar-refractivity contribution in [3.05, 3.63) is 35.0 Å². The molecule has 0 aromatic carbocycles. The highest BCUT2D eigenvalue weighted by molar-refractivity contribution is 7.18. The lowest BCUT2D eigenvalue weighted by molar-refractivity contribution is 0.719. The number of nitrogens with zero attached hydrogens (tertiary/aromatic N) is 4. The fraction of sp³-hybridized carbons (Fsp3) is 0.400. The average molecular weight is 301 g/mol. The predicted molar refractivity (Wildman–Crippen MR) is 86.8 cm³/mol. The molecule has 3 aromatic rings. The van der Waals surface area contributed by atoms with Crippen molar-refractivity contribution in [3.8, 4) is 0 Å². The highest BCUT2D eigenvalue weighted by atomic mass is 32.1. The van der Waals surface area contributed by atoms with Gasteiger partial charge in [0.15, 0.2) is 0 Å². The third-order valence-corrected chi connectivity index (χ3v) is 4.68. The Bertz CT molecular complexity index is 774. The number of imidazole rings is 1. The molecule has 1 unspecified atom stereocenters. The maximum Gasteiger partial charge on any atom is 0.139 e. The summed E-state index contributed by atoms with van der Waals surface area (Å²) in [6.07, 6.45) is 4.79. The summed E-state index contributed by atoms with van der Waals surface area (Å²) in [4.78, 5) is 15.9. The average Bonchev–Trinajstić information content (AvgIpc) is 3.04. The summed E-state index contributed by atoms with van der Waals surface area (Å²) in [5.74, 6) is 2.68. The van der Waals surface area contributed by atoms with Gasteiger partial charge in [0.25, 0.3) is 0 Å². The predicted octanol–water partition coefficient (Wildman–Crippen LogP) is 3.47. The van der Waals surface area contributed by atoms with Crippen molar-refractivity contribution in [3.63, 3.8) is 0 Å². The molecular weight excluding hydrogens is 282 g/mol. The normalized spacial score (nSPS) is 12.8. The number of rotatable bonds is 4. The quantitative estimate of drug-likeness (QED) is 0.801. The number of anilines is 1. The molecule has 0 fully saturated rings. The van der Waals surface area contributed by atoms with Crippen LogP contribution in [0, 0.1) is 6.92 Å². The lowest BCUT2D eigenvalue weighted by Gasteiger charge is -2.15. The lowest BCUT2D eigenvalue weighted by Crippen LogP contribution is -2.13. The van der Waals surface area contributed by atoms with Gasteiger partial charge in [-0.25, -0.2) is 15.0 Å². The Morgan fingerprint density at radius 2 is 2.19 bits per heavy atom. The topological polar surface area (TPSA) is 55.6 Å². The Hall–Kier alpha value is -1.95. The van der Waals surface area contributed by atoms with Crippen molar-refractivity contribution < 1.29 is 0 Å². The molecule has 5 nitrogen and oxygen atoms in total. The first-order valence-corrected chi connectivity index (χ1v) is 7.91. The monoisotopic (exact) mass is 301 g/mol. The Morgan fingerprint density at radius 1 is 1.38 bits per heavy atom. The standard InChI is InChI=1S/C15H19N5S/c1-5-11-8-12-13(18-10(3)19-15(12)21-11)17-9(2)14-16-6-7-20(14)4/h6-9H,5H2,1-4H3,(H,17,18,19). The summed E-state index contributed by atoms with van der Waals surface area (Å²) in [6.45, 7) is 6.19. The van der Waals surface area contributed by atoms with Crippen LogP contribution in [0.2, 0.25) is 0 Å². The highest BCUT2D eigenvalue weighted by Crippen LogP contribution is 2.30. The molecule has 1 atom stereocenters. The van der Waals surface area contributed by atoms with Crippen molar-refractivity contribution in [1.29, 1.82) is 0 Å². The first kappa shape index (κ1) is 14.0. The van der Waals surface area contributed by atoms with E-state index in [2.05, 4.69) is 40.2 Å². The molecule has 0 spiro atoms. The van der Waals surface area contributed by atoms with Gasteiger partial charge >= 0.3 is 0 Å². The van der Waals surface area contributed by atoms with Crippen LogP contribution in [-0.4, -0.2) is 19.5 Å². The van der Waals surface area contributed by atoms with Gasteiger partial charge in [-0.15, -0.1) is 11.3 Å². The van der Waals surface area contributed by atoms with Gasteiger partial charge in [-0.2, -0.15) is 0 Å². The minimum Gasteiger partial charge on any atom is -0.360 e. The van der Waals surface area contributed by atoms with Gasteiger partial charge < -0.3 is 9.88 Å². The highest BCUT2D eigenvalue weighted by Gasteiger charge is 2.15. The number of aryl methyl sites for hydroxylation is 3. The summed E-state index contributed by atoms with van der Waals surface area (Å²) in [5.41, 5.74) is 0. The number of hydrogen-bond donors (Lipinski definition) is 1. The second-order valence-electron chi connectivity index (χ2n) is 5.17. The number of aromatic nitrogens is 4. The smallest absolute Gasteiger partial charge is 0.139 e. The Labute approximate surface area is 128 Å². The van der Waals surface area contributed by atoms with E-state index in [1.807, 2.05) is 30.9 Å². The molecule has 110 valence electrons. The zero-order valence-corrected chi connectivity index (χ0v) is 13.5. The van der Waals surface area contributed by atoms with E-state index in [0.717, 1.165) is 34.1 Å². The zero-order valence-electron chi connectivity index (χ0n) is 12.7. The molecule has 0 saturated carbocycles. The molecule has 3 heterocycles. The third-order valence-electron chi connectivity index (χ3n) is 3.50. The zero-order chi connectivity index (χ0) is 15.0. The van der Waals surface area contributed by atoms with E-state index in [9.17, 15) is 0 Å². The van der Waals surface area contributed by atoms with E-state index >= 15 is 0 Å². The van der Waals surface area contributed by atoms with Crippen LogP contribution in [0.1, 0.15) is 36.4 Å². The van der Waals surface area contributed by atoms with Crippen LogP contribution < -0.4 is 5.32 Å². The molecule has 1 N–H and O–H groups in total. The van der Waals surface area contributed by atoms with E-state index in [-0.39, 0.29) is 6.04 Å². The van der Waals surface area contributed by atoms with E-state index in [0.29, 0.717) is 0 Å². The molecule has 3 aromatic heterocycles. The van der Waals surface area contributed by atoms with Gasteiger partial charge in [-0.1, -0.05) is 6.92 Å². The number of fused-ring (bicyclic) bond motifs is 1. The van der Waals surface area contributed by atoms with Crippen LogP contribution in [0.3, 0.4) is 0 Å². The molecule has 0 saturated heterocycles. The summed E-state index contributed by atoms with van der Waals surface area (Å²) >= 11 is 1.74. The fourth-order valence-electron chi connectivity index (χ4n) is 2.43. The molecular formula is C15H19N5S. The van der Waals surface area contributed by atoms with Crippen molar-refractivity contribution in [1.82, 2.24) is 19.5 Å². The molecule has 0 bridgehead atoms. The van der Waals surface area contributed by atoms with Gasteiger partial charge in [-0.3, -0.25) is 0 Å². The van der Waals surface area contributed by atoms with E-state index in [1.165, 1.54) is 4.88 Å². The minimum absolute atomic E-state index is 0.0903. The van der Waals surface area contributed by atoms with Crippen molar-refractivity contribution in [2.75, 3.05) is 5.32 Å². The summed E-state index contributed by atoms with van der Waals surface area (Å²) in [5, 5.41) is 4.58. The number of hydrogen-bond acceptors (Lipinski definition) is 5. The van der Waals surface area contributed by atoms with Crippen LogP contribution in [0.5, 0.6) is 0 Å². The third kappa shape index (κ3) is 2.63. The van der Waals surface area contributed by atoms with Crippen LogP contribution >= 0.6 is 11.3 Å². The summed E-state index contributed by atoms with van der Waals surface area (Å²) in [7, 11) is 2.00. The van der Waals surface area contributed by atoms with Crippen LogP contribution in [0.4, 0.5) is 5.82 Å². The molecule has 21 heavy (non-hydrogen) atoms. The Balaban J connectivity index is 1.99. The second-order valence-corrected chi connectivity index (χ2v) is 6.28. The second kappa shape index (κ2) is 5.44. The number of nitrogens with one attached hydrogen (secondary N) is 1. The largest absolute Gasteiger partial charge is 0.360 e. The van der Waals surface area contributed by atoms with Crippen molar-refractivity contribution in [2.24, 2.45) is 7.05 Å². The maximum absolute atomic E-state index is 4.58. The molecule has 0 aliphatic heterocycles. The van der Waals surface area contributed by atoms with E-state index in [4.69, 9.17) is 0 Å². The first-order chi connectivity index (χ1) is 10.1. The van der Waals surface area contributed by atoms with Gasteiger partial charge in [0, 0.05) is 24.3 Å². The minimum atomic E-state index is 0.0903. The molecule has 0 radical (unpaired) electrons. The van der Waals surface area contributed by atoms with Crippen LogP contribution in [-0.2, 0) is 13.5 Å². The Kier molecular flexibility index (Phi) is 3.63. The van der Waals surface area contributed by atoms with Gasteiger partial charge in [0.2, 0.25) is 0 Å². The first-order valence-electron chi connectivity index (χ1n) is 7.09.